The first-order chi connectivity index (χ1) is 9.24. The van der Waals surface area contributed by atoms with E-state index in [1.54, 1.807) is 13.1 Å². The quantitative estimate of drug-likeness (QED) is 0.781. The van der Waals surface area contributed by atoms with Crippen molar-refractivity contribution >= 4 is 5.91 Å². The van der Waals surface area contributed by atoms with Gasteiger partial charge in [0.2, 0.25) is 5.91 Å². The predicted octanol–water partition coefficient (Wildman–Crippen LogP) is 0.536. The first kappa shape index (κ1) is 12.6. The summed E-state index contributed by atoms with van der Waals surface area (Å²) in [5.74, 6) is 0.209. The van der Waals surface area contributed by atoms with Crippen molar-refractivity contribution in [1.29, 1.82) is 0 Å². The molecule has 3 rings (SSSR count). The molecule has 2 saturated heterocycles. The number of hydrogen-bond donors (Lipinski definition) is 0. The van der Waals surface area contributed by atoms with Gasteiger partial charge in [0.25, 0.3) is 0 Å². The fourth-order valence-corrected chi connectivity index (χ4v) is 3.27. The first-order valence-electron chi connectivity index (χ1n) is 7.09. The zero-order chi connectivity index (χ0) is 13.2. The highest BCUT2D eigenvalue weighted by atomic mass is 16.2. The second kappa shape index (κ2) is 5.28. The molecule has 2 aliphatic heterocycles. The predicted molar refractivity (Wildman–Crippen MR) is 70.5 cm³/mol. The van der Waals surface area contributed by atoms with Crippen LogP contribution in [0.25, 0.3) is 0 Å². The molecule has 2 fully saturated rings. The highest BCUT2D eigenvalue weighted by Crippen LogP contribution is 2.26. The number of amides is 1. The highest BCUT2D eigenvalue weighted by molar-refractivity contribution is 5.73. The molecule has 0 saturated carbocycles. The van der Waals surface area contributed by atoms with E-state index in [-0.39, 0.29) is 5.91 Å². The van der Waals surface area contributed by atoms with E-state index in [2.05, 4.69) is 15.2 Å². The Bertz CT molecular complexity index is 424. The van der Waals surface area contributed by atoms with Gasteiger partial charge in [-0.15, -0.1) is 5.10 Å². The monoisotopic (exact) mass is 263 g/mol. The van der Waals surface area contributed by atoms with Crippen LogP contribution < -0.4 is 0 Å². The molecule has 0 spiro atoms. The molecule has 1 amide bonds. The zero-order valence-corrected chi connectivity index (χ0v) is 11.4. The summed E-state index contributed by atoms with van der Waals surface area (Å²) in [7, 11) is 0. The Morgan fingerprint density at radius 2 is 1.89 bits per heavy atom. The van der Waals surface area contributed by atoms with E-state index in [1.165, 1.54) is 0 Å². The molecule has 6 heteroatoms. The molecule has 1 aromatic rings. The molecule has 1 unspecified atom stereocenters. The summed E-state index contributed by atoms with van der Waals surface area (Å²) in [6, 6.07) is 1.09. The van der Waals surface area contributed by atoms with Gasteiger partial charge in [-0.3, -0.25) is 9.69 Å². The topological polar surface area (TPSA) is 54.3 Å². The molecule has 0 aliphatic carbocycles. The van der Waals surface area contributed by atoms with Gasteiger partial charge in [0.1, 0.15) is 0 Å². The number of rotatable bonds is 2. The van der Waals surface area contributed by atoms with Crippen LogP contribution in [-0.4, -0.2) is 62.9 Å². The van der Waals surface area contributed by atoms with Gasteiger partial charge >= 0.3 is 0 Å². The van der Waals surface area contributed by atoms with Crippen molar-refractivity contribution in [3.05, 3.63) is 12.4 Å². The summed E-state index contributed by atoms with van der Waals surface area (Å²) in [5.41, 5.74) is 0. The largest absolute Gasteiger partial charge is 0.343 e. The molecule has 0 radical (unpaired) electrons. The van der Waals surface area contributed by atoms with E-state index in [4.69, 9.17) is 0 Å². The third kappa shape index (κ3) is 2.63. The second-order valence-electron chi connectivity index (χ2n) is 5.56. The third-order valence-electron chi connectivity index (χ3n) is 4.44. The van der Waals surface area contributed by atoms with Crippen LogP contribution in [0.5, 0.6) is 0 Å². The van der Waals surface area contributed by atoms with E-state index in [0.717, 1.165) is 45.4 Å². The van der Waals surface area contributed by atoms with E-state index in [9.17, 15) is 4.79 Å². The number of nitrogens with zero attached hydrogens (tertiary/aromatic N) is 5. The molecule has 1 aromatic heterocycles. The summed E-state index contributed by atoms with van der Waals surface area (Å²) in [6.07, 6.45) is 7.05. The lowest BCUT2D eigenvalue weighted by molar-refractivity contribution is -0.130. The fraction of sp³-hybridized carbons (Fsp3) is 0.769. The van der Waals surface area contributed by atoms with Gasteiger partial charge in [-0.1, -0.05) is 5.21 Å². The maximum absolute atomic E-state index is 11.3. The lowest BCUT2D eigenvalue weighted by atomic mass is 10.0. The van der Waals surface area contributed by atoms with Crippen LogP contribution in [-0.2, 0) is 4.79 Å². The van der Waals surface area contributed by atoms with Crippen molar-refractivity contribution in [2.45, 2.75) is 38.3 Å². The fourth-order valence-electron chi connectivity index (χ4n) is 3.27. The Morgan fingerprint density at radius 1 is 1.16 bits per heavy atom. The van der Waals surface area contributed by atoms with Crippen LogP contribution >= 0.6 is 0 Å². The molecule has 1 atom stereocenters. The van der Waals surface area contributed by atoms with E-state index in [1.807, 2.05) is 15.8 Å². The highest BCUT2D eigenvalue weighted by Gasteiger charge is 2.32. The summed E-state index contributed by atoms with van der Waals surface area (Å²) in [6.45, 7) is 5.68. The minimum Gasteiger partial charge on any atom is -0.343 e. The number of likely N-dealkylation sites (tertiary alicyclic amines) is 2. The molecule has 0 aromatic carbocycles. The van der Waals surface area contributed by atoms with Crippen molar-refractivity contribution in [3.8, 4) is 0 Å². The lowest BCUT2D eigenvalue weighted by Gasteiger charge is -2.36. The maximum Gasteiger partial charge on any atom is 0.219 e. The van der Waals surface area contributed by atoms with Crippen LogP contribution in [0.2, 0.25) is 0 Å². The van der Waals surface area contributed by atoms with Crippen molar-refractivity contribution in [3.63, 3.8) is 0 Å². The van der Waals surface area contributed by atoms with Crippen molar-refractivity contribution in [2.24, 2.45) is 0 Å². The Morgan fingerprint density at radius 3 is 2.53 bits per heavy atom. The lowest BCUT2D eigenvalue weighted by Crippen LogP contribution is -2.45. The Labute approximate surface area is 113 Å². The Hall–Kier alpha value is -1.43. The standard InChI is InChI=1S/C13H21N5O/c1-11(19)16-6-2-12(3-7-16)17-8-4-13(10-17)18-9-5-14-15-18/h5,9,12-13H,2-4,6-8,10H2,1H3. The molecule has 2 aliphatic rings. The van der Waals surface area contributed by atoms with Gasteiger partial charge in [-0.05, 0) is 19.3 Å². The summed E-state index contributed by atoms with van der Waals surface area (Å²) >= 11 is 0. The van der Waals surface area contributed by atoms with Crippen molar-refractivity contribution in [2.75, 3.05) is 26.2 Å². The molecule has 104 valence electrons. The third-order valence-corrected chi connectivity index (χ3v) is 4.44. The van der Waals surface area contributed by atoms with E-state index >= 15 is 0 Å². The van der Waals surface area contributed by atoms with Crippen LogP contribution in [0.1, 0.15) is 32.2 Å². The number of hydrogen-bond acceptors (Lipinski definition) is 4. The first-order valence-corrected chi connectivity index (χ1v) is 7.09. The Kier molecular flexibility index (Phi) is 3.50. The molecule has 0 bridgehead atoms. The summed E-state index contributed by atoms with van der Waals surface area (Å²) < 4.78 is 1.98. The van der Waals surface area contributed by atoms with Gasteiger partial charge in [-0.25, -0.2) is 4.68 Å². The van der Waals surface area contributed by atoms with Gasteiger partial charge < -0.3 is 4.90 Å². The normalized spacial score (nSPS) is 25.9. The smallest absolute Gasteiger partial charge is 0.219 e. The molecule has 0 N–H and O–H groups in total. The van der Waals surface area contributed by atoms with E-state index in [0.29, 0.717) is 12.1 Å². The average molecular weight is 263 g/mol. The maximum atomic E-state index is 11.3. The van der Waals surface area contributed by atoms with Crippen LogP contribution in [0.3, 0.4) is 0 Å². The molecular weight excluding hydrogens is 242 g/mol. The van der Waals surface area contributed by atoms with E-state index < -0.39 is 0 Å². The Balaban J connectivity index is 1.53. The van der Waals surface area contributed by atoms with Crippen molar-refractivity contribution < 1.29 is 4.79 Å². The number of piperidine rings is 1. The van der Waals surface area contributed by atoms with Gasteiger partial charge in [-0.2, -0.15) is 0 Å². The van der Waals surface area contributed by atoms with Crippen LogP contribution in [0, 0.1) is 0 Å². The molecule has 3 heterocycles. The van der Waals surface area contributed by atoms with Gasteiger partial charge in [0.15, 0.2) is 0 Å². The summed E-state index contributed by atoms with van der Waals surface area (Å²) in [4.78, 5) is 15.8. The number of carbonyl (C=O) groups is 1. The summed E-state index contributed by atoms with van der Waals surface area (Å²) in [5, 5.41) is 7.98. The van der Waals surface area contributed by atoms with Crippen LogP contribution in [0.15, 0.2) is 12.4 Å². The number of aromatic nitrogens is 3. The molecule has 19 heavy (non-hydrogen) atoms. The zero-order valence-electron chi connectivity index (χ0n) is 11.4. The SMILES string of the molecule is CC(=O)N1CCC(N2CCC(n3ccnn3)C2)CC1. The van der Waals surface area contributed by atoms with Crippen molar-refractivity contribution in [1.82, 2.24) is 24.8 Å². The molecular formula is C13H21N5O. The molecule has 6 nitrogen and oxygen atoms in total. The van der Waals surface area contributed by atoms with Crippen LogP contribution in [0.4, 0.5) is 0 Å². The second-order valence-corrected chi connectivity index (χ2v) is 5.56. The minimum absolute atomic E-state index is 0.209. The number of carbonyl (C=O) groups excluding carboxylic acids is 1. The average Bonchev–Trinajstić information content (AvgIpc) is 3.10. The van der Waals surface area contributed by atoms with Gasteiger partial charge in [0, 0.05) is 45.3 Å². The minimum atomic E-state index is 0.209. The van der Waals surface area contributed by atoms with Gasteiger partial charge in [0.05, 0.1) is 12.2 Å².